The van der Waals surface area contributed by atoms with Crippen LogP contribution in [0.5, 0.6) is 0 Å². The highest BCUT2D eigenvalue weighted by atomic mass is 79.9. The molecule has 2 aliphatic carbocycles. The fourth-order valence-corrected chi connectivity index (χ4v) is 5.12. The van der Waals surface area contributed by atoms with E-state index in [1.807, 2.05) is 0 Å². The van der Waals surface area contributed by atoms with E-state index in [1.165, 1.54) is 0 Å². The second-order valence-electron chi connectivity index (χ2n) is 4.55. The van der Waals surface area contributed by atoms with Gasteiger partial charge in [0.2, 0.25) is 11.6 Å². The molecule has 0 saturated heterocycles. The van der Waals surface area contributed by atoms with E-state index in [-0.39, 0.29) is 22.9 Å². The summed E-state index contributed by atoms with van der Waals surface area (Å²) < 4.78 is 0. The summed E-state index contributed by atoms with van der Waals surface area (Å²) in [6, 6.07) is 0. The molecule has 78 valence electrons. The van der Waals surface area contributed by atoms with Crippen LogP contribution in [-0.2, 0) is 9.59 Å². The molecule has 0 heterocycles. The number of rotatable bonds is 2. The number of halogens is 2. The monoisotopic (exact) mass is 322 g/mol. The summed E-state index contributed by atoms with van der Waals surface area (Å²) in [7, 11) is 0. The minimum absolute atomic E-state index is 0.0491. The summed E-state index contributed by atoms with van der Waals surface area (Å²) in [6.45, 7) is 2.06. The summed E-state index contributed by atoms with van der Waals surface area (Å²) in [5, 5.41) is 1.34. The zero-order valence-corrected chi connectivity index (χ0v) is 11.2. The first-order valence-electron chi connectivity index (χ1n) is 4.74. The highest BCUT2D eigenvalue weighted by Gasteiger charge is 2.69. The Kier molecular flexibility index (Phi) is 2.43. The van der Waals surface area contributed by atoms with Gasteiger partial charge < -0.3 is 0 Å². The van der Waals surface area contributed by atoms with Crippen molar-refractivity contribution in [2.24, 2.45) is 16.7 Å². The van der Waals surface area contributed by atoms with Crippen LogP contribution in [0.25, 0.3) is 0 Å². The molecule has 0 aromatic carbocycles. The van der Waals surface area contributed by atoms with E-state index in [9.17, 15) is 9.59 Å². The minimum Gasteiger partial charge on any atom is -0.291 e. The van der Waals surface area contributed by atoms with Crippen molar-refractivity contribution in [2.75, 3.05) is 10.7 Å². The van der Waals surface area contributed by atoms with Gasteiger partial charge in [0.1, 0.15) is 0 Å². The van der Waals surface area contributed by atoms with Gasteiger partial charge in [-0.3, -0.25) is 9.59 Å². The van der Waals surface area contributed by atoms with Crippen molar-refractivity contribution >= 4 is 43.4 Å². The van der Waals surface area contributed by atoms with Crippen LogP contribution in [0.4, 0.5) is 0 Å². The van der Waals surface area contributed by atoms with E-state index in [2.05, 4.69) is 38.8 Å². The zero-order valence-electron chi connectivity index (χ0n) is 7.98. The highest BCUT2D eigenvalue weighted by molar-refractivity contribution is 9.09. The van der Waals surface area contributed by atoms with Crippen LogP contribution >= 0.6 is 31.9 Å². The lowest BCUT2D eigenvalue weighted by Crippen LogP contribution is -2.41. The molecule has 0 aromatic rings. The van der Waals surface area contributed by atoms with Crippen molar-refractivity contribution in [3.05, 3.63) is 0 Å². The highest BCUT2D eigenvalue weighted by Crippen LogP contribution is 2.63. The van der Waals surface area contributed by atoms with Crippen molar-refractivity contribution in [3.63, 3.8) is 0 Å². The van der Waals surface area contributed by atoms with Crippen molar-refractivity contribution in [2.45, 2.75) is 19.8 Å². The van der Waals surface area contributed by atoms with Crippen LogP contribution in [0.1, 0.15) is 19.8 Å². The van der Waals surface area contributed by atoms with Gasteiger partial charge in [-0.05, 0) is 12.8 Å². The Hall–Kier alpha value is 0.300. The van der Waals surface area contributed by atoms with Gasteiger partial charge in [0, 0.05) is 22.0 Å². The summed E-state index contributed by atoms with van der Waals surface area (Å²) in [6.07, 6.45) is 1.73. The molecule has 0 spiro atoms. The quantitative estimate of drug-likeness (QED) is 0.577. The third kappa shape index (κ3) is 0.921. The van der Waals surface area contributed by atoms with Crippen LogP contribution in [-0.4, -0.2) is 22.2 Å². The number of fused-ring (bicyclic) bond motifs is 2. The predicted molar refractivity (Wildman–Crippen MR) is 60.9 cm³/mol. The summed E-state index contributed by atoms with van der Waals surface area (Å²) >= 11 is 6.87. The number of hydrogen-bond donors (Lipinski definition) is 0. The standard InChI is InChI=1S/C10H12Br2O2/c1-9(4-11)6-2-3-10(9,5-12)8(14)7(6)13/h6H,2-5H2,1H3/t6-,9-,10+/m1/s1. The third-order valence-electron chi connectivity index (χ3n) is 4.20. The molecule has 2 aliphatic rings. The van der Waals surface area contributed by atoms with Crippen molar-refractivity contribution in [1.29, 1.82) is 0 Å². The molecule has 0 amide bonds. The van der Waals surface area contributed by atoms with E-state index in [1.54, 1.807) is 0 Å². The average molecular weight is 324 g/mol. The molecule has 2 fully saturated rings. The molecular weight excluding hydrogens is 312 g/mol. The summed E-state index contributed by atoms with van der Waals surface area (Å²) in [4.78, 5) is 23.6. The van der Waals surface area contributed by atoms with E-state index in [0.717, 1.165) is 18.2 Å². The van der Waals surface area contributed by atoms with Crippen LogP contribution in [0.3, 0.4) is 0 Å². The first kappa shape index (κ1) is 10.8. The van der Waals surface area contributed by atoms with Gasteiger partial charge in [-0.15, -0.1) is 0 Å². The van der Waals surface area contributed by atoms with Crippen LogP contribution in [0, 0.1) is 16.7 Å². The number of Topliss-reactive ketones (excluding diaryl/α,β-unsaturated/α-hetero) is 2. The second kappa shape index (κ2) is 3.14. The zero-order chi connectivity index (χ0) is 10.6. The normalized spacial score (nSPS) is 46.4. The van der Waals surface area contributed by atoms with Crippen molar-refractivity contribution in [1.82, 2.24) is 0 Å². The molecule has 2 bridgehead atoms. The van der Waals surface area contributed by atoms with Gasteiger partial charge in [-0.25, -0.2) is 0 Å². The lowest BCUT2D eigenvalue weighted by molar-refractivity contribution is -0.141. The number of alkyl halides is 2. The Bertz CT molecular complexity index is 315. The van der Waals surface area contributed by atoms with Gasteiger partial charge in [-0.1, -0.05) is 38.8 Å². The first-order valence-corrected chi connectivity index (χ1v) is 6.98. The lowest BCUT2D eigenvalue weighted by Gasteiger charge is -2.35. The molecule has 0 aliphatic heterocycles. The summed E-state index contributed by atoms with van der Waals surface area (Å²) in [5.74, 6) is -0.336. The molecule has 4 heteroatoms. The first-order chi connectivity index (χ1) is 6.53. The molecular formula is C10H12Br2O2. The van der Waals surface area contributed by atoms with Crippen LogP contribution in [0.2, 0.25) is 0 Å². The fraction of sp³-hybridized carbons (Fsp3) is 0.800. The minimum atomic E-state index is -0.432. The molecule has 0 radical (unpaired) electrons. The number of ketones is 2. The number of carbonyl (C=O) groups excluding carboxylic acids is 2. The molecule has 2 rings (SSSR count). The van der Waals surface area contributed by atoms with Gasteiger partial charge in [0.15, 0.2) is 0 Å². The Morgan fingerprint density at radius 2 is 2.00 bits per heavy atom. The van der Waals surface area contributed by atoms with E-state index in [0.29, 0.717) is 5.33 Å². The van der Waals surface area contributed by atoms with Crippen LogP contribution in [0.15, 0.2) is 0 Å². The van der Waals surface area contributed by atoms with Crippen molar-refractivity contribution in [3.8, 4) is 0 Å². The molecule has 0 unspecified atom stereocenters. The Morgan fingerprint density at radius 1 is 1.36 bits per heavy atom. The maximum Gasteiger partial charge on any atom is 0.206 e. The number of hydrogen-bond acceptors (Lipinski definition) is 2. The smallest absolute Gasteiger partial charge is 0.206 e. The van der Waals surface area contributed by atoms with Gasteiger partial charge >= 0.3 is 0 Å². The molecule has 2 nitrogen and oxygen atoms in total. The molecule has 3 atom stereocenters. The van der Waals surface area contributed by atoms with E-state index < -0.39 is 5.41 Å². The van der Waals surface area contributed by atoms with Gasteiger partial charge in [0.25, 0.3) is 0 Å². The maximum absolute atomic E-state index is 11.9. The molecule has 2 saturated carbocycles. The Morgan fingerprint density at radius 3 is 2.43 bits per heavy atom. The largest absolute Gasteiger partial charge is 0.291 e. The fourth-order valence-electron chi connectivity index (χ4n) is 3.02. The Labute approximate surface area is 100 Å². The van der Waals surface area contributed by atoms with E-state index in [4.69, 9.17) is 0 Å². The lowest BCUT2D eigenvalue weighted by atomic mass is 9.70. The maximum atomic E-state index is 11.9. The predicted octanol–water partition coefficient (Wildman–Crippen LogP) is 2.33. The SMILES string of the molecule is C[C@@]1(CBr)[C@@H]2CC[C@]1(CBr)C(=O)C2=O. The Balaban J connectivity index is 2.55. The molecule has 0 aromatic heterocycles. The van der Waals surface area contributed by atoms with Gasteiger partial charge in [-0.2, -0.15) is 0 Å². The van der Waals surface area contributed by atoms with Gasteiger partial charge in [0.05, 0.1) is 5.41 Å². The van der Waals surface area contributed by atoms with Crippen LogP contribution < -0.4 is 0 Å². The number of carbonyl (C=O) groups is 2. The summed E-state index contributed by atoms with van der Waals surface area (Å²) in [5.41, 5.74) is -0.608. The average Bonchev–Trinajstić information content (AvgIpc) is 2.57. The molecule has 0 N–H and O–H groups in total. The van der Waals surface area contributed by atoms with E-state index >= 15 is 0 Å². The second-order valence-corrected chi connectivity index (χ2v) is 5.67. The molecule has 14 heavy (non-hydrogen) atoms. The van der Waals surface area contributed by atoms with Crippen molar-refractivity contribution < 1.29 is 9.59 Å². The third-order valence-corrected chi connectivity index (χ3v) is 6.32. The topological polar surface area (TPSA) is 34.1 Å².